The number of rotatable bonds is 4. The van der Waals surface area contributed by atoms with E-state index in [0.29, 0.717) is 30.2 Å². The smallest absolute Gasteiger partial charge is 0.259 e. The van der Waals surface area contributed by atoms with Gasteiger partial charge in [-0.15, -0.1) is 0 Å². The zero-order chi connectivity index (χ0) is 26.2. The number of nitrogens with zero attached hydrogens (tertiary/aromatic N) is 3. The highest BCUT2D eigenvalue weighted by Gasteiger charge is 2.30. The minimum atomic E-state index is -0.240. The van der Waals surface area contributed by atoms with Gasteiger partial charge in [0.05, 0.1) is 6.61 Å². The fraction of sp³-hybridized carbons (Fsp3) is 0.387. The van der Waals surface area contributed by atoms with Gasteiger partial charge in [-0.25, -0.2) is 4.98 Å². The molecule has 2 amide bonds. The molecule has 7 nitrogen and oxygen atoms in total. The number of pyridine rings is 1. The maximum atomic E-state index is 13.8. The van der Waals surface area contributed by atoms with E-state index in [1.807, 2.05) is 47.4 Å². The van der Waals surface area contributed by atoms with Crippen molar-refractivity contribution in [2.24, 2.45) is 0 Å². The van der Waals surface area contributed by atoms with E-state index in [1.54, 1.807) is 23.2 Å². The number of ether oxygens (including phenoxy) is 2. The van der Waals surface area contributed by atoms with Crippen molar-refractivity contribution in [3.05, 3.63) is 84.1 Å². The molecule has 5 rings (SSSR count). The van der Waals surface area contributed by atoms with Gasteiger partial charge in [0.2, 0.25) is 11.8 Å². The fourth-order valence-electron chi connectivity index (χ4n) is 5.26. The molecule has 0 aliphatic carbocycles. The number of fused-ring (bicyclic) bond motifs is 2. The Hall–Kier alpha value is -3.87. The van der Waals surface area contributed by atoms with Gasteiger partial charge in [-0.3, -0.25) is 9.59 Å². The van der Waals surface area contributed by atoms with Crippen LogP contribution in [0.1, 0.15) is 54.4 Å². The lowest BCUT2D eigenvalue weighted by molar-refractivity contribution is -0.135. The molecule has 7 heteroatoms. The van der Waals surface area contributed by atoms with Crippen molar-refractivity contribution in [1.82, 2.24) is 14.8 Å². The first-order chi connectivity index (χ1) is 18.7. The van der Waals surface area contributed by atoms with E-state index >= 15 is 0 Å². The number of amides is 2. The Morgan fingerprint density at radius 1 is 0.868 bits per heavy atom. The van der Waals surface area contributed by atoms with Crippen molar-refractivity contribution in [2.45, 2.75) is 51.0 Å². The predicted octanol–water partition coefficient (Wildman–Crippen LogP) is 5.50. The highest BCUT2D eigenvalue weighted by molar-refractivity contribution is 5.98. The Morgan fingerprint density at radius 2 is 1.66 bits per heavy atom. The SMILES string of the molecule is O=C1c2cccnc2Oc2ccccc2OCCCCCN1CC(=O)N1CCCCC1Cc1ccccc1. The number of carbonyl (C=O) groups is 2. The number of likely N-dealkylation sites (tertiary alicyclic amines) is 1. The summed E-state index contributed by atoms with van der Waals surface area (Å²) in [5, 5.41) is 0. The lowest BCUT2D eigenvalue weighted by atomic mass is 9.95. The van der Waals surface area contributed by atoms with Crippen molar-refractivity contribution >= 4 is 11.8 Å². The molecule has 1 saturated heterocycles. The molecule has 1 aromatic heterocycles. The van der Waals surface area contributed by atoms with Crippen molar-refractivity contribution in [1.29, 1.82) is 0 Å². The van der Waals surface area contributed by atoms with Gasteiger partial charge >= 0.3 is 0 Å². The Morgan fingerprint density at radius 3 is 2.53 bits per heavy atom. The van der Waals surface area contributed by atoms with Crippen LogP contribution in [-0.2, 0) is 11.2 Å². The third-order valence-electron chi connectivity index (χ3n) is 7.26. The predicted molar refractivity (Wildman–Crippen MR) is 146 cm³/mol. The summed E-state index contributed by atoms with van der Waals surface area (Å²) in [6.45, 7) is 1.82. The first-order valence-electron chi connectivity index (χ1n) is 13.7. The van der Waals surface area contributed by atoms with Gasteiger partial charge in [0, 0.05) is 25.3 Å². The summed E-state index contributed by atoms with van der Waals surface area (Å²) >= 11 is 0. The molecule has 198 valence electrons. The van der Waals surface area contributed by atoms with E-state index in [1.165, 1.54) is 5.56 Å². The van der Waals surface area contributed by atoms with Gasteiger partial charge < -0.3 is 19.3 Å². The molecule has 3 aromatic rings. The average molecular weight is 514 g/mol. The summed E-state index contributed by atoms with van der Waals surface area (Å²) in [4.78, 5) is 35.6. The van der Waals surface area contributed by atoms with Crippen LogP contribution in [0.15, 0.2) is 72.9 Å². The largest absolute Gasteiger partial charge is 0.490 e. The van der Waals surface area contributed by atoms with Gasteiger partial charge in [0.25, 0.3) is 5.91 Å². The molecule has 2 aliphatic rings. The van der Waals surface area contributed by atoms with E-state index in [-0.39, 0.29) is 30.3 Å². The second-order valence-corrected chi connectivity index (χ2v) is 9.97. The third-order valence-corrected chi connectivity index (χ3v) is 7.26. The summed E-state index contributed by atoms with van der Waals surface area (Å²) in [6, 6.07) is 21.3. The number of piperidine rings is 1. The summed E-state index contributed by atoms with van der Waals surface area (Å²) in [6.07, 6.45) is 8.05. The fourth-order valence-corrected chi connectivity index (χ4v) is 5.26. The maximum Gasteiger partial charge on any atom is 0.259 e. The molecule has 0 spiro atoms. The Labute approximate surface area is 224 Å². The first-order valence-corrected chi connectivity index (χ1v) is 13.7. The molecule has 3 heterocycles. The van der Waals surface area contributed by atoms with Crippen LogP contribution in [0.5, 0.6) is 17.4 Å². The molecular weight excluding hydrogens is 478 g/mol. The van der Waals surface area contributed by atoms with Gasteiger partial charge in [0.15, 0.2) is 11.5 Å². The molecule has 0 radical (unpaired) electrons. The topological polar surface area (TPSA) is 72.0 Å². The van der Waals surface area contributed by atoms with Crippen LogP contribution < -0.4 is 9.47 Å². The third kappa shape index (κ3) is 6.33. The van der Waals surface area contributed by atoms with E-state index in [9.17, 15) is 9.59 Å². The number of para-hydroxylation sites is 2. The van der Waals surface area contributed by atoms with Crippen LogP contribution in [0.4, 0.5) is 0 Å². The summed E-state index contributed by atoms with van der Waals surface area (Å²) in [5.41, 5.74) is 1.57. The molecule has 0 bridgehead atoms. The second-order valence-electron chi connectivity index (χ2n) is 9.97. The van der Waals surface area contributed by atoms with Crippen LogP contribution in [0.3, 0.4) is 0 Å². The second kappa shape index (κ2) is 12.6. The van der Waals surface area contributed by atoms with Crippen LogP contribution in [0.25, 0.3) is 0 Å². The molecule has 2 aliphatic heterocycles. The monoisotopic (exact) mass is 513 g/mol. The van der Waals surface area contributed by atoms with Gasteiger partial charge in [-0.05, 0) is 74.8 Å². The molecule has 1 atom stereocenters. The van der Waals surface area contributed by atoms with Gasteiger partial charge in [0.1, 0.15) is 12.1 Å². The summed E-state index contributed by atoms with van der Waals surface area (Å²) in [7, 11) is 0. The highest BCUT2D eigenvalue weighted by Crippen LogP contribution is 2.33. The van der Waals surface area contributed by atoms with Crippen LogP contribution in [0, 0.1) is 0 Å². The van der Waals surface area contributed by atoms with Crippen molar-refractivity contribution in [3.63, 3.8) is 0 Å². The molecule has 1 fully saturated rings. The molecule has 0 N–H and O–H groups in total. The summed E-state index contributed by atoms with van der Waals surface area (Å²) in [5.74, 6) is 1.11. The van der Waals surface area contributed by atoms with Crippen LogP contribution in [-0.4, -0.2) is 58.9 Å². The number of aromatic nitrogens is 1. The Kier molecular flexibility index (Phi) is 8.53. The van der Waals surface area contributed by atoms with E-state index in [0.717, 1.165) is 51.5 Å². The molecule has 0 saturated carbocycles. The van der Waals surface area contributed by atoms with E-state index in [2.05, 4.69) is 17.1 Å². The van der Waals surface area contributed by atoms with Crippen LogP contribution in [0.2, 0.25) is 0 Å². The molecule has 38 heavy (non-hydrogen) atoms. The summed E-state index contributed by atoms with van der Waals surface area (Å²) < 4.78 is 12.1. The number of hydrogen-bond acceptors (Lipinski definition) is 5. The van der Waals surface area contributed by atoms with Crippen molar-refractivity contribution < 1.29 is 19.1 Å². The minimum absolute atomic E-state index is 0.00309. The molecule has 2 aromatic carbocycles. The van der Waals surface area contributed by atoms with Crippen LogP contribution >= 0.6 is 0 Å². The van der Waals surface area contributed by atoms with Crippen molar-refractivity contribution in [2.75, 3.05) is 26.2 Å². The first kappa shape index (κ1) is 25.8. The number of carbonyl (C=O) groups excluding carboxylic acids is 2. The zero-order valence-corrected chi connectivity index (χ0v) is 21.8. The highest BCUT2D eigenvalue weighted by atomic mass is 16.5. The molecule has 1 unspecified atom stereocenters. The van der Waals surface area contributed by atoms with Gasteiger partial charge in [-0.2, -0.15) is 0 Å². The van der Waals surface area contributed by atoms with Crippen molar-refractivity contribution in [3.8, 4) is 17.4 Å². The normalized spacial score (nSPS) is 18.5. The lowest BCUT2D eigenvalue weighted by Gasteiger charge is -2.37. The quantitative estimate of drug-likeness (QED) is 0.461. The van der Waals surface area contributed by atoms with Gasteiger partial charge in [-0.1, -0.05) is 42.5 Å². The Balaban J connectivity index is 1.37. The minimum Gasteiger partial charge on any atom is -0.490 e. The zero-order valence-electron chi connectivity index (χ0n) is 21.8. The maximum absolute atomic E-state index is 13.8. The van der Waals surface area contributed by atoms with E-state index in [4.69, 9.17) is 9.47 Å². The average Bonchev–Trinajstić information content (AvgIpc) is 2.96. The lowest BCUT2D eigenvalue weighted by Crippen LogP contribution is -2.50. The Bertz CT molecular complexity index is 1230. The standard InChI is InChI=1S/C31H35N3O4/c35-29(34-20-9-7-14-25(34)22-24-12-3-1-4-13-24)23-33-19-8-2-10-21-37-27-16-5-6-17-28(27)38-30-26(31(33)36)15-11-18-32-30/h1,3-6,11-13,15-18,25H,2,7-10,14,19-23H2. The molecular formula is C31H35N3O4. The number of hydrogen-bond donors (Lipinski definition) is 0. The number of benzene rings is 2. The van der Waals surface area contributed by atoms with E-state index < -0.39 is 0 Å².